The lowest BCUT2D eigenvalue weighted by atomic mass is 10.2. The Morgan fingerprint density at radius 2 is 2.21 bits per heavy atom. The summed E-state index contributed by atoms with van der Waals surface area (Å²) in [5.74, 6) is 0.402. The predicted molar refractivity (Wildman–Crippen MR) is 65.3 cm³/mol. The molecule has 0 radical (unpaired) electrons. The molecule has 1 aliphatic heterocycles. The summed E-state index contributed by atoms with van der Waals surface area (Å²) in [6, 6.07) is 1.39. The van der Waals surface area contributed by atoms with Gasteiger partial charge in [0.05, 0.1) is 5.56 Å². The van der Waals surface area contributed by atoms with Crippen molar-refractivity contribution in [2.24, 2.45) is 0 Å². The molecule has 19 heavy (non-hydrogen) atoms. The number of hydrogen-bond acceptors (Lipinski definition) is 4. The molecule has 1 aromatic rings. The minimum Gasteiger partial charge on any atom is -0.480 e. The van der Waals surface area contributed by atoms with Crippen LogP contribution in [0.4, 0.5) is 19.0 Å². The van der Waals surface area contributed by atoms with E-state index >= 15 is 0 Å². The van der Waals surface area contributed by atoms with E-state index in [2.05, 4.69) is 4.98 Å². The Morgan fingerprint density at radius 1 is 1.47 bits per heavy atom. The summed E-state index contributed by atoms with van der Waals surface area (Å²) in [7, 11) is 0. The molecule has 1 aliphatic rings. The molecule has 0 amide bonds. The van der Waals surface area contributed by atoms with Crippen molar-refractivity contribution >= 4 is 23.5 Å². The molecule has 0 bridgehead atoms. The number of rotatable bonds is 2. The first-order valence-corrected chi connectivity index (χ1v) is 6.65. The molecule has 1 fully saturated rings. The first-order chi connectivity index (χ1) is 8.89. The summed E-state index contributed by atoms with van der Waals surface area (Å²) in [6.45, 7) is 0.458. The average Bonchev–Trinajstić information content (AvgIpc) is 2.38. The zero-order valence-corrected chi connectivity index (χ0v) is 10.5. The van der Waals surface area contributed by atoms with Crippen LogP contribution in [-0.4, -0.2) is 40.2 Å². The smallest absolute Gasteiger partial charge is 0.417 e. The van der Waals surface area contributed by atoms with Crippen molar-refractivity contribution in [1.82, 2.24) is 4.98 Å². The van der Waals surface area contributed by atoms with Crippen molar-refractivity contribution in [3.05, 3.63) is 23.9 Å². The normalized spacial score (nSPS) is 20.4. The number of aliphatic carboxylic acids is 1. The van der Waals surface area contributed by atoms with E-state index in [1.807, 2.05) is 0 Å². The molecule has 1 unspecified atom stereocenters. The highest BCUT2D eigenvalue weighted by Gasteiger charge is 2.33. The molecule has 8 heteroatoms. The largest absolute Gasteiger partial charge is 0.480 e. The lowest BCUT2D eigenvalue weighted by Gasteiger charge is -2.33. The summed E-state index contributed by atoms with van der Waals surface area (Å²) in [6.07, 6.45) is -3.70. The molecule has 0 spiro atoms. The predicted octanol–water partition coefficient (Wildman–Crippen LogP) is 2.11. The minimum absolute atomic E-state index is 0.265. The van der Waals surface area contributed by atoms with E-state index < -0.39 is 23.8 Å². The first-order valence-electron chi connectivity index (χ1n) is 5.50. The summed E-state index contributed by atoms with van der Waals surface area (Å²) < 4.78 is 37.2. The van der Waals surface area contributed by atoms with Crippen molar-refractivity contribution in [2.75, 3.05) is 23.0 Å². The van der Waals surface area contributed by atoms with Gasteiger partial charge in [0.15, 0.2) is 0 Å². The van der Waals surface area contributed by atoms with Gasteiger partial charge in [0.1, 0.15) is 11.9 Å². The molecule has 0 aromatic carbocycles. The number of anilines is 1. The van der Waals surface area contributed by atoms with Gasteiger partial charge in [-0.05, 0) is 12.1 Å². The van der Waals surface area contributed by atoms with Crippen molar-refractivity contribution in [3.8, 4) is 0 Å². The van der Waals surface area contributed by atoms with Crippen molar-refractivity contribution in [3.63, 3.8) is 0 Å². The number of halogens is 3. The van der Waals surface area contributed by atoms with Crippen LogP contribution in [0.15, 0.2) is 18.3 Å². The lowest BCUT2D eigenvalue weighted by molar-refractivity contribution is -0.139. The van der Waals surface area contributed by atoms with Gasteiger partial charge < -0.3 is 10.0 Å². The van der Waals surface area contributed by atoms with Gasteiger partial charge in [-0.2, -0.15) is 24.9 Å². The molecule has 0 saturated carbocycles. The summed E-state index contributed by atoms with van der Waals surface area (Å²) >= 11 is 1.51. The summed E-state index contributed by atoms with van der Waals surface area (Å²) in [5.41, 5.74) is -0.838. The van der Waals surface area contributed by atoms with E-state index in [9.17, 15) is 18.0 Å². The molecule has 4 nitrogen and oxygen atoms in total. The lowest BCUT2D eigenvalue weighted by Crippen LogP contribution is -2.47. The number of aromatic nitrogens is 1. The van der Waals surface area contributed by atoms with Gasteiger partial charge in [-0.3, -0.25) is 0 Å². The molecule has 2 heterocycles. The van der Waals surface area contributed by atoms with E-state index in [1.54, 1.807) is 0 Å². The van der Waals surface area contributed by atoms with Gasteiger partial charge >= 0.3 is 12.1 Å². The maximum atomic E-state index is 12.4. The molecule has 0 aliphatic carbocycles. The van der Waals surface area contributed by atoms with Crippen LogP contribution in [0, 0.1) is 0 Å². The maximum absolute atomic E-state index is 12.4. The number of thioether (sulfide) groups is 1. The third-order valence-corrected chi connectivity index (χ3v) is 3.81. The fourth-order valence-electron chi connectivity index (χ4n) is 1.81. The molecule has 104 valence electrons. The van der Waals surface area contributed by atoms with E-state index in [4.69, 9.17) is 5.11 Å². The SMILES string of the molecule is O=C(O)C1CSCCN1c1ccc(C(F)(F)F)cn1. The van der Waals surface area contributed by atoms with Crippen LogP contribution < -0.4 is 4.90 Å². The molecular formula is C11H11F3N2O2S. The number of nitrogens with zero attached hydrogens (tertiary/aromatic N) is 2. The fraction of sp³-hybridized carbons (Fsp3) is 0.455. The Bertz CT molecular complexity index is 464. The van der Waals surface area contributed by atoms with Gasteiger partial charge in [0, 0.05) is 24.2 Å². The Hall–Kier alpha value is -1.44. The van der Waals surface area contributed by atoms with Crippen LogP contribution in [0.1, 0.15) is 5.56 Å². The van der Waals surface area contributed by atoms with Gasteiger partial charge in [-0.1, -0.05) is 0 Å². The van der Waals surface area contributed by atoms with Crippen LogP contribution in [0.2, 0.25) is 0 Å². The second-order valence-electron chi connectivity index (χ2n) is 4.03. The summed E-state index contributed by atoms with van der Waals surface area (Å²) in [5, 5.41) is 9.09. The Balaban J connectivity index is 2.23. The molecule has 1 saturated heterocycles. The van der Waals surface area contributed by atoms with Crippen LogP contribution in [0.5, 0.6) is 0 Å². The van der Waals surface area contributed by atoms with Crippen molar-refractivity contribution in [1.29, 1.82) is 0 Å². The molecular weight excluding hydrogens is 281 g/mol. The average molecular weight is 292 g/mol. The van der Waals surface area contributed by atoms with Gasteiger partial charge in [-0.25, -0.2) is 9.78 Å². The van der Waals surface area contributed by atoms with Crippen LogP contribution >= 0.6 is 11.8 Å². The van der Waals surface area contributed by atoms with Crippen LogP contribution in [0.3, 0.4) is 0 Å². The van der Waals surface area contributed by atoms with Gasteiger partial charge in [-0.15, -0.1) is 0 Å². The van der Waals surface area contributed by atoms with E-state index in [-0.39, 0.29) is 5.82 Å². The molecule has 1 N–H and O–H groups in total. The standard InChI is InChI=1S/C11H11F3N2O2S/c12-11(13,14)7-1-2-9(15-5-7)16-3-4-19-6-8(16)10(17)18/h1-2,5,8H,3-4,6H2,(H,17,18). The van der Waals surface area contributed by atoms with Gasteiger partial charge in [0.25, 0.3) is 0 Å². The first kappa shape index (κ1) is 14.0. The molecule has 1 aromatic heterocycles. The monoisotopic (exact) mass is 292 g/mol. The minimum atomic E-state index is -4.44. The van der Waals surface area contributed by atoms with Gasteiger partial charge in [0.2, 0.25) is 0 Å². The van der Waals surface area contributed by atoms with Crippen molar-refractivity contribution < 1.29 is 23.1 Å². The quantitative estimate of drug-likeness (QED) is 0.904. The Kier molecular flexibility index (Phi) is 3.88. The zero-order chi connectivity index (χ0) is 14.0. The van der Waals surface area contributed by atoms with Crippen LogP contribution in [-0.2, 0) is 11.0 Å². The summed E-state index contributed by atoms with van der Waals surface area (Å²) in [4.78, 5) is 16.4. The van der Waals surface area contributed by atoms with Crippen molar-refractivity contribution in [2.45, 2.75) is 12.2 Å². The van der Waals surface area contributed by atoms with E-state index in [0.717, 1.165) is 18.0 Å². The highest BCUT2D eigenvalue weighted by Crippen LogP contribution is 2.30. The number of alkyl halides is 3. The Morgan fingerprint density at radius 3 is 2.74 bits per heavy atom. The number of carbonyl (C=O) groups is 1. The topological polar surface area (TPSA) is 53.4 Å². The number of carboxylic acid groups (broad SMARTS) is 1. The third kappa shape index (κ3) is 3.12. The van der Waals surface area contributed by atoms with E-state index in [1.165, 1.54) is 22.7 Å². The highest BCUT2D eigenvalue weighted by molar-refractivity contribution is 7.99. The Labute approximate surface area is 111 Å². The third-order valence-electron chi connectivity index (χ3n) is 2.78. The fourth-order valence-corrected chi connectivity index (χ4v) is 2.84. The molecule has 1 atom stereocenters. The number of hydrogen-bond donors (Lipinski definition) is 1. The number of carboxylic acids is 1. The zero-order valence-electron chi connectivity index (χ0n) is 9.72. The van der Waals surface area contributed by atoms with E-state index in [0.29, 0.717) is 12.3 Å². The highest BCUT2D eigenvalue weighted by atomic mass is 32.2. The maximum Gasteiger partial charge on any atom is 0.417 e. The molecule has 2 rings (SSSR count). The van der Waals surface area contributed by atoms with Crippen LogP contribution in [0.25, 0.3) is 0 Å². The second-order valence-corrected chi connectivity index (χ2v) is 5.18. The second kappa shape index (κ2) is 5.28. The number of pyridine rings is 1.